The third kappa shape index (κ3) is 5.78. The van der Waals surface area contributed by atoms with Gasteiger partial charge in [-0.3, -0.25) is 9.88 Å². The fraction of sp³-hybridized carbons (Fsp3) is 0.577. The molecular formula is C26H37N3O2. The number of piperidine rings is 1. The molecule has 1 aromatic heterocycles. The van der Waals surface area contributed by atoms with Crippen molar-refractivity contribution < 1.29 is 9.47 Å². The third-order valence-electron chi connectivity index (χ3n) is 6.98. The SMILES string of the molecule is COc1cc2c(cc1OC)CN(CCC1CCCCN1CCCc1ccncc1)CC2. The lowest BCUT2D eigenvalue weighted by molar-refractivity contribution is 0.121. The van der Waals surface area contributed by atoms with E-state index in [1.54, 1.807) is 14.2 Å². The molecule has 2 aromatic rings. The molecule has 0 aliphatic carbocycles. The van der Waals surface area contributed by atoms with E-state index in [1.165, 1.54) is 68.4 Å². The molecule has 2 aliphatic rings. The van der Waals surface area contributed by atoms with E-state index in [0.29, 0.717) is 0 Å². The summed E-state index contributed by atoms with van der Waals surface area (Å²) in [4.78, 5) is 9.51. The first kappa shape index (κ1) is 22.1. The number of hydrogen-bond donors (Lipinski definition) is 0. The van der Waals surface area contributed by atoms with Gasteiger partial charge in [-0.05, 0) is 99.1 Å². The maximum atomic E-state index is 5.52. The minimum absolute atomic E-state index is 0.734. The zero-order valence-electron chi connectivity index (χ0n) is 19.2. The van der Waals surface area contributed by atoms with Gasteiger partial charge in [0.25, 0.3) is 0 Å². The highest BCUT2D eigenvalue weighted by Crippen LogP contribution is 2.33. The molecule has 4 rings (SSSR count). The number of aryl methyl sites for hydroxylation is 1. The Morgan fingerprint density at radius 2 is 1.74 bits per heavy atom. The number of rotatable bonds is 9. The average Bonchev–Trinajstić information content (AvgIpc) is 2.83. The minimum atomic E-state index is 0.734. The van der Waals surface area contributed by atoms with Gasteiger partial charge in [0.1, 0.15) is 0 Å². The number of hydrogen-bond acceptors (Lipinski definition) is 5. The molecule has 0 N–H and O–H groups in total. The van der Waals surface area contributed by atoms with Crippen molar-refractivity contribution in [2.75, 3.05) is 40.4 Å². The van der Waals surface area contributed by atoms with Crippen molar-refractivity contribution >= 4 is 0 Å². The van der Waals surface area contributed by atoms with Crippen LogP contribution in [0.3, 0.4) is 0 Å². The summed E-state index contributed by atoms with van der Waals surface area (Å²) in [6.45, 7) is 5.81. The molecule has 0 spiro atoms. The number of ether oxygens (including phenoxy) is 2. The normalized spacial score (nSPS) is 19.7. The first-order valence-corrected chi connectivity index (χ1v) is 11.9. The van der Waals surface area contributed by atoms with Crippen molar-refractivity contribution in [1.29, 1.82) is 0 Å². The third-order valence-corrected chi connectivity index (χ3v) is 6.98. The maximum absolute atomic E-state index is 5.52. The van der Waals surface area contributed by atoms with E-state index in [-0.39, 0.29) is 0 Å². The first-order chi connectivity index (χ1) is 15.3. The lowest BCUT2D eigenvalue weighted by atomic mass is 9.96. The van der Waals surface area contributed by atoms with Crippen LogP contribution in [0, 0.1) is 0 Å². The van der Waals surface area contributed by atoms with Gasteiger partial charge in [-0.1, -0.05) is 6.42 Å². The van der Waals surface area contributed by atoms with Gasteiger partial charge in [-0.15, -0.1) is 0 Å². The first-order valence-electron chi connectivity index (χ1n) is 11.9. The standard InChI is InChI=1S/C26H37N3O2/c1-30-25-18-22-10-16-28(20-23(22)19-26(25)31-2)17-11-24-7-3-4-14-29(24)15-5-6-21-8-12-27-13-9-21/h8-9,12-13,18-19,24H,3-7,10-11,14-17,20H2,1-2H3. The van der Waals surface area contributed by atoms with E-state index in [0.717, 1.165) is 43.5 Å². The molecule has 1 atom stereocenters. The predicted octanol–water partition coefficient (Wildman–Crippen LogP) is 4.33. The maximum Gasteiger partial charge on any atom is 0.161 e. The highest BCUT2D eigenvalue weighted by Gasteiger charge is 2.24. The molecule has 1 aromatic carbocycles. The van der Waals surface area contributed by atoms with Gasteiger partial charge in [0, 0.05) is 31.5 Å². The largest absolute Gasteiger partial charge is 0.493 e. The Labute approximate surface area is 187 Å². The zero-order chi connectivity index (χ0) is 21.5. The number of benzene rings is 1. The Hall–Kier alpha value is -2.11. The molecule has 31 heavy (non-hydrogen) atoms. The van der Waals surface area contributed by atoms with Gasteiger partial charge in [-0.2, -0.15) is 0 Å². The van der Waals surface area contributed by atoms with Crippen LogP contribution in [0.2, 0.25) is 0 Å². The summed E-state index contributed by atoms with van der Waals surface area (Å²) in [5.41, 5.74) is 4.20. The summed E-state index contributed by atoms with van der Waals surface area (Å²) >= 11 is 0. The van der Waals surface area contributed by atoms with Crippen LogP contribution in [0.1, 0.15) is 48.8 Å². The number of likely N-dealkylation sites (tertiary alicyclic amines) is 1. The fourth-order valence-electron chi connectivity index (χ4n) is 5.18. The highest BCUT2D eigenvalue weighted by molar-refractivity contribution is 5.48. The molecule has 168 valence electrons. The second-order valence-electron chi connectivity index (χ2n) is 8.94. The molecule has 5 nitrogen and oxygen atoms in total. The monoisotopic (exact) mass is 423 g/mol. The van der Waals surface area contributed by atoms with Gasteiger partial charge in [0.05, 0.1) is 14.2 Å². The number of nitrogens with zero attached hydrogens (tertiary/aromatic N) is 3. The molecule has 1 saturated heterocycles. The van der Waals surface area contributed by atoms with Gasteiger partial charge in [0.15, 0.2) is 11.5 Å². The molecule has 1 fully saturated rings. The van der Waals surface area contributed by atoms with Crippen LogP contribution in [-0.2, 0) is 19.4 Å². The quantitative estimate of drug-likeness (QED) is 0.600. The van der Waals surface area contributed by atoms with E-state index in [2.05, 4.69) is 39.0 Å². The van der Waals surface area contributed by atoms with Gasteiger partial charge < -0.3 is 14.4 Å². The molecular weight excluding hydrogens is 386 g/mol. The Morgan fingerprint density at radius 1 is 0.968 bits per heavy atom. The molecule has 0 amide bonds. The van der Waals surface area contributed by atoms with E-state index in [1.807, 2.05) is 12.4 Å². The topological polar surface area (TPSA) is 37.8 Å². The number of aromatic nitrogens is 1. The van der Waals surface area contributed by atoms with Crippen LogP contribution >= 0.6 is 0 Å². The van der Waals surface area contributed by atoms with E-state index >= 15 is 0 Å². The zero-order valence-corrected chi connectivity index (χ0v) is 19.2. The molecule has 5 heteroatoms. The Balaban J connectivity index is 1.28. The smallest absolute Gasteiger partial charge is 0.161 e. The van der Waals surface area contributed by atoms with Crippen molar-refractivity contribution in [2.24, 2.45) is 0 Å². The summed E-state index contributed by atoms with van der Waals surface area (Å²) in [6.07, 6.45) is 12.6. The molecule has 1 unspecified atom stereocenters. The molecule has 0 saturated carbocycles. The van der Waals surface area contributed by atoms with Crippen LogP contribution in [-0.4, -0.2) is 61.2 Å². The highest BCUT2D eigenvalue weighted by atomic mass is 16.5. The molecule has 0 radical (unpaired) electrons. The average molecular weight is 424 g/mol. The lowest BCUT2D eigenvalue weighted by Gasteiger charge is -2.38. The number of fused-ring (bicyclic) bond motifs is 1. The molecule has 2 aliphatic heterocycles. The Bertz CT molecular complexity index is 827. The lowest BCUT2D eigenvalue weighted by Crippen LogP contribution is -2.42. The second kappa shape index (κ2) is 11.0. The molecule has 3 heterocycles. The van der Waals surface area contributed by atoms with Crippen LogP contribution in [0.15, 0.2) is 36.7 Å². The van der Waals surface area contributed by atoms with E-state index in [4.69, 9.17) is 9.47 Å². The van der Waals surface area contributed by atoms with Gasteiger partial charge in [-0.25, -0.2) is 0 Å². The number of pyridine rings is 1. The summed E-state index contributed by atoms with van der Waals surface area (Å²) in [5, 5.41) is 0. The fourth-order valence-corrected chi connectivity index (χ4v) is 5.18. The molecule has 0 bridgehead atoms. The van der Waals surface area contributed by atoms with E-state index < -0.39 is 0 Å². The van der Waals surface area contributed by atoms with Gasteiger partial charge >= 0.3 is 0 Å². The number of methoxy groups -OCH3 is 2. The van der Waals surface area contributed by atoms with Crippen molar-refractivity contribution in [3.8, 4) is 11.5 Å². The second-order valence-corrected chi connectivity index (χ2v) is 8.94. The predicted molar refractivity (Wildman–Crippen MR) is 125 cm³/mol. The van der Waals surface area contributed by atoms with Crippen molar-refractivity contribution in [1.82, 2.24) is 14.8 Å². The van der Waals surface area contributed by atoms with Crippen LogP contribution in [0.5, 0.6) is 11.5 Å². The summed E-state index contributed by atoms with van der Waals surface area (Å²) < 4.78 is 11.0. The summed E-state index contributed by atoms with van der Waals surface area (Å²) in [6, 6.07) is 9.36. The van der Waals surface area contributed by atoms with Crippen molar-refractivity contribution in [2.45, 2.75) is 57.5 Å². The van der Waals surface area contributed by atoms with Crippen LogP contribution < -0.4 is 9.47 Å². The van der Waals surface area contributed by atoms with E-state index in [9.17, 15) is 0 Å². The summed E-state index contributed by atoms with van der Waals surface area (Å²) in [7, 11) is 3.43. The van der Waals surface area contributed by atoms with Crippen molar-refractivity contribution in [3.05, 3.63) is 53.3 Å². The summed E-state index contributed by atoms with van der Waals surface area (Å²) in [5.74, 6) is 1.69. The van der Waals surface area contributed by atoms with Gasteiger partial charge in [0.2, 0.25) is 0 Å². The Kier molecular flexibility index (Phi) is 7.81. The van der Waals surface area contributed by atoms with Crippen molar-refractivity contribution in [3.63, 3.8) is 0 Å². The Morgan fingerprint density at radius 3 is 2.52 bits per heavy atom. The van der Waals surface area contributed by atoms with Crippen LogP contribution in [0.4, 0.5) is 0 Å². The van der Waals surface area contributed by atoms with Crippen LogP contribution in [0.25, 0.3) is 0 Å². The minimum Gasteiger partial charge on any atom is -0.493 e.